The van der Waals surface area contributed by atoms with Gasteiger partial charge >= 0.3 is 5.97 Å². The number of esters is 1. The van der Waals surface area contributed by atoms with Crippen LogP contribution in [-0.2, 0) is 4.74 Å². The predicted molar refractivity (Wildman–Crippen MR) is 74.5 cm³/mol. The van der Waals surface area contributed by atoms with Gasteiger partial charge in [0.2, 0.25) is 0 Å². The van der Waals surface area contributed by atoms with E-state index < -0.39 is 5.97 Å². The van der Waals surface area contributed by atoms with Crippen LogP contribution in [0.1, 0.15) is 17.3 Å². The van der Waals surface area contributed by atoms with Crippen LogP contribution in [0, 0.1) is 6.92 Å². The van der Waals surface area contributed by atoms with Crippen LogP contribution in [0.5, 0.6) is 5.75 Å². The van der Waals surface area contributed by atoms with Gasteiger partial charge in [0.25, 0.3) is 0 Å². The predicted octanol–water partition coefficient (Wildman–Crippen LogP) is 3.46. The van der Waals surface area contributed by atoms with Gasteiger partial charge in [-0.25, -0.2) is 4.79 Å². The Morgan fingerprint density at radius 3 is 2.42 bits per heavy atom. The molecule has 3 nitrogen and oxygen atoms in total. The largest absolute Gasteiger partial charge is 0.496 e. The summed E-state index contributed by atoms with van der Waals surface area (Å²) >= 11 is 0. The Kier molecular flexibility index (Phi) is 3.45. The first-order valence-corrected chi connectivity index (χ1v) is 5.91. The summed E-state index contributed by atoms with van der Waals surface area (Å²) in [7, 11) is 2.76. The maximum atomic E-state index is 12.0. The topological polar surface area (TPSA) is 35.5 Å². The number of carbonyl (C=O) groups excluding carboxylic acids is 1. The molecule has 3 heteroatoms. The van der Waals surface area contributed by atoms with Crippen molar-refractivity contribution in [3.63, 3.8) is 0 Å². The minimum atomic E-state index is -0.508. The van der Waals surface area contributed by atoms with Crippen LogP contribution in [-0.4, -0.2) is 20.2 Å². The van der Waals surface area contributed by atoms with Crippen molar-refractivity contribution in [3.8, 4) is 16.9 Å². The molecule has 0 aliphatic heterocycles. The van der Waals surface area contributed by atoms with E-state index in [2.05, 4.69) is 0 Å². The third-order valence-corrected chi connectivity index (χ3v) is 2.92. The molecular weight excluding hydrogens is 240 g/mol. The molecule has 0 saturated heterocycles. The van der Waals surface area contributed by atoms with Crippen molar-refractivity contribution in [2.75, 3.05) is 14.2 Å². The maximum Gasteiger partial charge on any atom is 0.342 e. The van der Waals surface area contributed by atoms with Crippen LogP contribution in [0.2, 0.25) is 0 Å². The molecule has 0 amide bonds. The highest BCUT2D eigenvalue weighted by atomic mass is 16.5. The van der Waals surface area contributed by atoms with Gasteiger partial charge in [-0.3, -0.25) is 0 Å². The normalized spacial score (nSPS) is 10.8. The number of methoxy groups -OCH3 is 2. The van der Waals surface area contributed by atoms with Crippen molar-refractivity contribution in [2.45, 2.75) is 6.92 Å². The van der Waals surface area contributed by atoms with Crippen LogP contribution in [0.15, 0.2) is 42.4 Å². The van der Waals surface area contributed by atoms with Crippen molar-refractivity contribution in [1.82, 2.24) is 0 Å². The minimum Gasteiger partial charge on any atom is -0.496 e. The van der Waals surface area contributed by atoms with Crippen LogP contribution >= 0.6 is 0 Å². The zero-order chi connectivity index (χ0) is 14.7. The Morgan fingerprint density at radius 1 is 1.16 bits per heavy atom. The molecule has 98 valence electrons. The smallest absolute Gasteiger partial charge is 0.342 e. The van der Waals surface area contributed by atoms with Crippen molar-refractivity contribution >= 4 is 5.97 Å². The second kappa shape index (κ2) is 5.57. The van der Waals surface area contributed by atoms with Crippen LogP contribution in [0.3, 0.4) is 0 Å². The van der Waals surface area contributed by atoms with Crippen LogP contribution < -0.4 is 4.74 Å². The summed E-state index contributed by atoms with van der Waals surface area (Å²) in [5.74, 6) is -0.276. The summed E-state index contributed by atoms with van der Waals surface area (Å²) in [6.07, 6.45) is 0. The Hall–Kier alpha value is -2.29. The van der Waals surface area contributed by atoms with Gasteiger partial charge in [-0.15, -0.1) is 0 Å². The van der Waals surface area contributed by atoms with E-state index in [-0.39, 0.29) is 17.4 Å². The molecule has 2 aromatic carbocycles. The van der Waals surface area contributed by atoms with Gasteiger partial charge < -0.3 is 9.47 Å². The Morgan fingerprint density at radius 2 is 1.84 bits per heavy atom. The van der Waals surface area contributed by atoms with Gasteiger partial charge in [0, 0.05) is 0 Å². The summed E-state index contributed by atoms with van der Waals surface area (Å²) < 4.78 is 17.9. The van der Waals surface area contributed by atoms with Gasteiger partial charge in [-0.1, -0.05) is 42.0 Å². The lowest BCUT2D eigenvalue weighted by atomic mass is 9.98. The van der Waals surface area contributed by atoms with Gasteiger partial charge in [-0.05, 0) is 24.1 Å². The minimum absolute atomic E-state index is 0.156. The van der Waals surface area contributed by atoms with Gasteiger partial charge in [0.15, 0.2) is 0 Å². The number of rotatable bonds is 3. The quantitative estimate of drug-likeness (QED) is 0.790. The van der Waals surface area contributed by atoms with Gasteiger partial charge in [-0.2, -0.15) is 0 Å². The molecule has 0 fully saturated rings. The lowest BCUT2D eigenvalue weighted by Gasteiger charge is -2.12. The van der Waals surface area contributed by atoms with E-state index in [0.717, 1.165) is 11.1 Å². The average molecular weight is 257 g/mol. The molecule has 0 spiro atoms. The lowest BCUT2D eigenvalue weighted by Crippen LogP contribution is -2.06. The van der Waals surface area contributed by atoms with Crippen molar-refractivity contribution in [3.05, 3.63) is 53.6 Å². The van der Waals surface area contributed by atoms with Crippen molar-refractivity contribution < 1.29 is 15.6 Å². The van der Waals surface area contributed by atoms with E-state index in [4.69, 9.17) is 10.8 Å². The Labute approximate surface area is 114 Å². The fraction of sp³-hybridized carbons (Fsp3) is 0.188. The average Bonchev–Trinajstić information content (AvgIpc) is 2.47. The second-order valence-electron chi connectivity index (χ2n) is 4.16. The molecule has 0 atom stereocenters. The molecule has 0 N–H and O–H groups in total. The van der Waals surface area contributed by atoms with E-state index in [1.54, 1.807) is 12.1 Å². The molecule has 2 rings (SSSR count). The highest BCUT2D eigenvalue weighted by Crippen LogP contribution is 2.31. The van der Waals surface area contributed by atoms with Gasteiger partial charge in [0.1, 0.15) is 11.3 Å². The van der Waals surface area contributed by atoms with E-state index in [1.165, 1.54) is 14.2 Å². The second-order valence-corrected chi connectivity index (χ2v) is 4.16. The molecule has 0 bridgehead atoms. The summed E-state index contributed by atoms with van der Waals surface area (Å²) in [4.78, 5) is 12.0. The number of ether oxygens (including phenoxy) is 2. The van der Waals surface area contributed by atoms with Gasteiger partial charge in [0.05, 0.1) is 15.6 Å². The molecule has 0 aliphatic rings. The number of hydrogen-bond acceptors (Lipinski definition) is 3. The standard InChI is InChI=1S/C16H16O3/c1-11-7-9-12(10-8-11)13-5-4-6-14(18-2)15(13)16(17)19-3/h4-10H,1-3H3/i6D. The van der Waals surface area contributed by atoms with Crippen molar-refractivity contribution in [1.29, 1.82) is 0 Å². The monoisotopic (exact) mass is 257 g/mol. The molecule has 0 radical (unpaired) electrons. The number of aryl methyl sites for hydroxylation is 1. The first-order valence-electron chi connectivity index (χ1n) is 6.41. The molecule has 0 unspecified atom stereocenters. The third kappa shape index (κ3) is 2.60. The SMILES string of the molecule is [2H]c1ccc(-c2ccc(C)cc2)c(C(=O)OC)c1OC. The molecule has 0 saturated carbocycles. The molecule has 2 aromatic rings. The van der Waals surface area contributed by atoms with E-state index in [9.17, 15) is 4.79 Å². The van der Waals surface area contributed by atoms with E-state index in [1.807, 2.05) is 31.2 Å². The van der Waals surface area contributed by atoms with Crippen molar-refractivity contribution in [2.24, 2.45) is 0 Å². The fourth-order valence-corrected chi connectivity index (χ4v) is 1.92. The zero-order valence-electron chi connectivity index (χ0n) is 12.2. The molecule has 0 heterocycles. The maximum absolute atomic E-state index is 12.0. The number of benzene rings is 2. The zero-order valence-corrected chi connectivity index (χ0v) is 11.2. The van der Waals surface area contributed by atoms with E-state index in [0.29, 0.717) is 5.56 Å². The molecule has 0 aliphatic carbocycles. The lowest BCUT2D eigenvalue weighted by molar-refractivity contribution is 0.0598. The number of hydrogen-bond donors (Lipinski definition) is 0. The first-order chi connectivity index (χ1) is 9.58. The number of carbonyl (C=O) groups is 1. The summed E-state index contributed by atoms with van der Waals surface area (Å²) in [5, 5.41) is 0. The summed E-state index contributed by atoms with van der Waals surface area (Å²) in [5.41, 5.74) is 3.00. The van der Waals surface area contributed by atoms with E-state index >= 15 is 0 Å². The molecule has 19 heavy (non-hydrogen) atoms. The Balaban J connectivity index is 2.69. The highest BCUT2D eigenvalue weighted by Gasteiger charge is 2.18. The Bertz CT molecular complexity index is 633. The first kappa shape index (κ1) is 11.8. The summed E-state index contributed by atoms with van der Waals surface area (Å²) in [6, 6.07) is 11.3. The molecular formula is C16H16O3. The fourth-order valence-electron chi connectivity index (χ4n) is 1.92. The summed E-state index contributed by atoms with van der Waals surface area (Å²) in [6.45, 7) is 2.00. The molecule has 0 aromatic heterocycles. The van der Waals surface area contributed by atoms with Crippen LogP contribution in [0.25, 0.3) is 11.1 Å². The van der Waals surface area contributed by atoms with Crippen LogP contribution in [0.4, 0.5) is 0 Å². The highest BCUT2D eigenvalue weighted by molar-refractivity contribution is 6.00. The third-order valence-electron chi connectivity index (χ3n) is 2.92.